The number of nitrogen functional groups attached to an aromatic ring is 1. The molecule has 0 saturated heterocycles. The van der Waals surface area contributed by atoms with Gasteiger partial charge in [0.05, 0.1) is 12.1 Å². The van der Waals surface area contributed by atoms with E-state index in [9.17, 15) is 18.0 Å². The zero-order valence-corrected chi connectivity index (χ0v) is 12.3. The molecule has 0 atom stereocenters. The molecule has 1 aromatic rings. The summed E-state index contributed by atoms with van der Waals surface area (Å²) in [5, 5.41) is 2.36. The maximum Gasteiger partial charge on any atom is 0.419 e. The van der Waals surface area contributed by atoms with Crippen molar-refractivity contribution >= 4 is 11.9 Å². The van der Waals surface area contributed by atoms with Crippen LogP contribution >= 0.6 is 0 Å². The Bertz CT molecular complexity index is 610. The topological polar surface area (TPSA) is 77.2 Å². The minimum atomic E-state index is -4.59. The van der Waals surface area contributed by atoms with Crippen LogP contribution in [0.25, 0.3) is 0 Å². The lowest BCUT2D eigenvalue weighted by atomic mass is 10.2. The Kier molecular flexibility index (Phi) is 5.25. The van der Waals surface area contributed by atoms with Gasteiger partial charge in [-0.25, -0.2) is 9.78 Å². The number of halogens is 3. The quantitative estimate of drug-likeness (QED) is 0.781. The van der Waals surface area contributed by atoms with Crippen molar-refractivity contribution in [3.8, 4) is 11.8 Å². The first-order valence-electron chi connectivity index (χ1n) is 6.27. The second-order valence-corrected chi connectivity index (χ2v) is 5.31. The molecular formula is C14H16F3N3O2. The number of carbonyl (C=O) groups is 1. The molecule has 3 N–H and O–H groups in total. The Hall–Kier alpha value is -2.43. The highest BCUT2D eigenvalue weighted by Gasteiger charge is 2.33. The smallest absolute Gasteiger partial charge is 0.419 e. The van der Waals surface area contributed by atoms with Crippen LogP contribution in [0.5, 0.6) is 0 Å². The fraction of sp³-hybridized carbons (Fsp3) is 0.429. The number of alkyl carbamates (subject to hydrolysis) is 1. The monoisotopic (exact) mass is 315 g/mol. The van der Waals surface area contributed by atoms with Crippen molar-refractivity contribution in [2.24, 2.45) is 0 Å². The van der Waals surface area contributed by atoms with Gasteiger partial charge < -0.3 is 15.8 Å². The predicted molar refractivity (Wildman–Crippen MR) is 74.8 cm³/mol. The second kappa shape index (κ2) is 6.56. The number of carbonyl (C=O) groups excluding carboxylic acids is 1. The highest BCUT2D eigenvalue weighted by Crippen LogP contribution is 2.32. The predicted octanol–water partition coefficient (Wildman–Crippen LogP) is 2.56. The molecule has 0 spiro atoms. The van der Waals surface area contributed by atoms with E-state index < -0.39 is 29.3 Å². The molecule has 0 aliphatic rings. The molecular weight excluding hydrogens is 299 g/mol. The number of pyridine rings is 1. The maximum atomic E-state index is 12.6. The normalized spacial score (nSPS) is 11.4. The molecule has 120 valence electrons. The summed E-state index contributed by atoms with van der Waals surface area (Å²) >= 11 is 0. The van der Waals surface area contributed by atoms with Crippen LogP contribution in [0.3, 0.4) is 0 Å². The molecule has 0 fully saturated rings. The Labute approximate surface area is 126 Å². The third kappa shape index (κ3) is 5.91. The fourth-order valence-corrected chi connectivity index (χ4v) is 1.35. The van der Waals surface area contributed by atoms with Gasteiger partial charge >= 0.3 is 12.3 Å². The number of alkyl halides is 3. The number of nitrogens with two attached hydrogens (primary N) is 1. The number of hydrogen-bond acceptors (Lipinski definition) is 4. The van der Waals surface area contributed by atoms with E-state index >= 15 is 0 Å². The van der Waals surface area contributed by atoms with E-state index in [2.05, 4.69) is 22.1 Å². The van der Waals surface area contributed by atoms with Gasteiger partial charge in [0.25, 0.3) is 0 Å². The molecule has 0 bridgehead atoms. The first kappa shape index (κ1) is 17.6. The third-order valence-corrected chi connectivity index (χ3v) is 2.18. The number of ether oxygens (including phenoxy) is 1. The van der Waals surface area contributed by atoms with Gasteiger partial charge in [0.1, 0.15) is 11.4 Å². The molecule has 1 aromatic heterocycles. The molecule has 0 aromatic carbocycles. The molecule has 5 nitrogen and oxygen atoms in total. The number of hydrogen-bond donors (Lipinski definition) is 2. The van der Waals surface area contributed by atoms with Gasteiger partial charge in [-0.15, -0.1) is 0 Å². The first-order valence-corrected chi connectivity index (χ1v) is 6.27. The van der Waals surface area contributed by atoms with Crippen LogP contribution in [0, 0.1) is 11.8 Å². The van der Waals surface area contributed by atoms with Crippen molar-refractivity contribution in [1.29, 1.82) is 0 Å². The van der Waals surface area contributed by atoms with Crippen LogP contribution in [0.1, 0.15) is 31.9 Å². The van der Waals surface area contributed by atoms with Crippen LogP contribution in [-0.2, 0) is 10.9 Å². The number of anilines is 1. The van der Waals surface area contributed by atoms with Gasteiger partial charge in [-0.1, -0.05) is 11.8 Å². The number of amides is 1. The Morgan fingerprint density at radius 2 is 2.05 bits per heavy atom. The van der Waals surface area contributed by atoms with Crippen LogP contribution in [-0.4, -0.2) is 23.2 Å². The van der Waals surface area contributed by atoms with Gasteiger partial charge in [-0.2, -0.15) is 13.2 Å². The third-order valence-electron chi connectivity index (χ3n) is 2.18. The average Bonchev–Trinajstić information content (AvgIpc) is 2.33. The summed E-state index contributed by atoms with van der Waals surface area (Å²) in [4.78, 5) is 14.8. The molecule has 1 heterocycles. The van der Waals surface area contributed by atoms with Crippen LogP contribution in [0.4, 0.5) is 23.8 Å². The molecule has 0 unspecified atom stereocenters. The molecule has 1 amide bonds. The Balaban J connectivity index is 2.68. The van der Waals surface area contributed by atoms with E-state index in [1.165, 1.54) is 0 Å². The molecule has 0 aliphatic carbocycles. The van der Waals surface area contributed by atoms with Gasteiger partial charge in [-0.3, -0.25) is 0 Å². The highest BCUT2D eigenvalue weighted by atomic mass is 19.4. The SMILES string of the molecule is CC(C)(C)OC(=O)NCC#Cc1cnc(N)c(C(F)(F)F)c1. The van der Waals surface area contributed by atoms with Crippen molar-refractivity contribution in [2.45, 2.75) is 32.5 Å². The minimum Gasteiger partial charge on any atom is -0.444 e. The number of nitrogens with one attached hydrogen (secondary N) is 1. The van der Waals surface area contributed by atoms with Crippen LogP contribution in [0.2, 0.25) is 0 Å². The van der Waals surface area contributed by atoms with Gasteiger partial charge in [-0.05, 0) is 26.8 Å². The summed E-state index contributed by atoms with van der Waals surface area (Å²) < 4.78 is 42.9. The van der Waals surface area contributed by atoms with Crippen molar-refractivity contribution in [1.82, 2.24) is 10.3 Å². The zero-order valence-electron chi connectivity index (χ0n) is 12.3. The van der Waals surface area contributed by atoms with E-state index in [1.54, 1.807) is 20.8 Å². The first-order chi connectivity index (χ1) is 9.99. The molecule has 8 heteroatoms. The molecule has 0 saturated carbocycles. The van der Waals surface area contributed by atoms with E-state index in [0.29, 0.717) is 0 Å². The fourth-order valence-electron chi connectivity index (χ4n) is 1.35. The summed E-state index contributed by atoms with van der Waals surface area (Å²) in [6, 6.07) is 0.808. The standard InChI is InChI=1S/C14H16F3N3O2/c1-13(2,3)22-12(21)19-6-4-5-9-7-10(14(15,16)17)11(18)20-8-9/h7-8H,6H2,1-3H3,(H2,18,20)(H,19,21). The maximum absolute atomic E-state index is 12.6. The van der Waals surface area contributed by atoms with E-state index in [0.717, 1.165) is 12.3 Å². The molecule has 1 rings (SSSR count). The van der Waals surface area contributed by atoms with E-state index in [1.807, 2.05) is 0 Å². The summed E-state index contributed by atoms with van der Waals surface area (Å²) in [5.41, 5.74) is 3.54. The minimum absolute atomic E-state index is 0.0486. The van der Waals surface area contributed by atoms with Crippen molar-refractivity contribution < 1.29 is 22.7 Å². The summed E-state index contributed by atoms with van der Waals surface area (Å²) in [5.74, 6) is 4.36. The number of rotatable bonds is 1. The lowest BCUT2D eigenvalue weighted by Crippen LogP contribution is -2.32. The van der Waals surface area contributed by atoms with Crippen molar-refractivity contribution in [2.75, 3.05) is 12.3 Å². The highest BCUT2D eigenvalue weighted by molar-refractivity contribution is 5.68. The van der Waals surface area contributed by atoms with Gasteiger partial charge in [0, 0.05) is 11.8 Å². The summed E-state index contributed by atoms with van der Waals surface area (Å²) in [6.07, 6.45) is -4.12. The van der Waals surface area contributed by atoms with Gasteiger partial charge in [0.2, 0.25) is 0 Å². The summed E-state index contributed by atoms with van der Waals surface area (Å²) in [6.45, 7) is 5.05. The lowest BCUT2D eigenvalue weighted by Gasteiger charge is -2.19. The van der Waals surface area contributed by atoms with Crippen molar-refractivity contribution in [3.63, 3.8) is 0 Å². The number of nitrogens with zero attached hydrogens (tertiary/aromatic N) is 1. The Morgan fingerprint density at radius 1 is 1.41 bits per heavy atom. The number of aromatic nitrogens is 1. The Morgan fingerprint density at radius 3 is 2.59 bits per heavy atom. The summed E-state index contributed by atoms with van der Waals surface area (Å²) in [7, 11) is 0. The second-order valence-electron chi connectivity index (χ2n) is 5.31. The van der Waals surface area contributed by atoms with E-state index in [4.69, 9.17) is 10.5 Å². The zero-order chi connectivity index (χ0) is 17.0. The molecule has 0 radical (unpaired) electrons. The largest absolute Gasteiger partial charge is 0.444 e. The van der Waals surface area contributed by atoms with Crippen LogP contribution < -0.4 is 11.1 Å². The average molecular weight is 315 g/mol. The molecule has 0 aliphatic heterocycles. The van der Waals surface area contributed by atoms with Crippen molar-refractivity contribution in [3.05, 3.63) is 23.4 Å². The van der Waals surface area contributed by atoms with Gasteiger partial charge in [0.15, 0.2) is 0 Å². The molecule has 22 heavy (non-hydrogen) atoms. The van der Waals surface area contributed by atoms with E-state index in [-0.39, 0.29) is 12.1 Å². The lowest BCUT2D eigenvalue weighted by molar-refractivity contribution is -0.137. The van der Waals surface area contributed by atoms with Crippen LogP contribution in [0.15, 0.2) is 12.3 Å².